The van der Waals surface area contributed by atoms with Crippen LogP contribution in [0.15, 0.2) is 65.6 Å². The monoisotopic (exact) mass is 326 g/mol. The molecule has 5 heteroatoms. The van der Waals surface area contributed by atoms with E-state index in [1.54, 1.807) is 4.52 Å². The molecule has 5 rings (SSSR count). The molecule has 3 aromatic rings. The second-order valence-electron chi connectivity index (χ2n) is 6.11. The fraction of sp³-hybridized carbons (Fsp3) is 0.0500. The van der Waals surface area contributed by atoms with Gasteiger partial charge in [0.05, 0.1) is 17.5 Å². The van der Waals surface area contributed by atoms with E-state index in [2.05, 4.69) is 9.97 Å². The zero-order valence-corrected chi connectivity index (χ0v) is 13.5. The van der Waals surface area contributed by atoms with Crippen molar-refractivity contribution in [3.05, 3.63) is 76.7 Å². The minimum atomic E-state index is 0.00776. The number of H-pyrrole nitrogens is 1. The van der Waals surface area contributed by atoms with Gasteiger partial charge in [0.25, 0.3) is 0 Å². The molecule has 0 atom stereocenters. The number of hydrogen-bond acceptors (Lipinski definition) is 3. The summed E-state index contributed by atoms with van der Waals surface area (Å²) in [5.41, 5.74) is 3.95. The van der Waals surface area contributed by atoms with Crippen LogP contribution in [-0.4, -0.2) is 19.6 Å². The van der Waals surface area contributed by atoms with Crippen molar-refractivity contribution >= 4 is 16.6 Å². The van der Waals surface area contributed by atoms with Crippen LogP contribution in [0.2, 0.25) is 0 Å². The molecule has 25 heavy (non-hydrogen) atoms. The highest BCUT2D eigenvalue weighted by Crippen LogP contribution is 2.29. The molecule has 5 nitrogen and oxygen atoms in total. The predicted molar refractivity (Wildman–Crippen MR) is 97.9 cm³/mol. The second-order valence-corrected chi connectivity index (χ2v) is 6.11. The zero-order valence-electron chi connectivity index (χ0n) is 13.5. The Morgan fingerprint density at radius 3 is 2.48 bits per heavy atom. The van der Waals surface area contributed by atoms with Gasteiger partial charge in [0.15, 0.2) is 5.43 Å². The molecule has 0 saturated carbocycles. The lowest BCUT2D eigenvalue weighted by Crippen LogP contribution is -1.99. The molecule has 1 aromatic heterocycles. The molecule has 120 valence electrons. The molecule has 2 aliphatic rings. The molecule has 1 aliphatic heterocycles. The Balaban J connectivity index is 1.89. The summed E-state index contributed by atoms with van der Waals surface area (Å²) in [4.78, 5) is 20.6. The number of rotatable bonds is 1. The summed E-state index contributed by atoms with van der Waals surface area (Å²) in [7, 11) is 0. The first-order valence-electron chi connectivity index (χ1n) is 8.08. The van der Waals surface area contributed by atoms with Gasteiger partial charge < -0.3 is 4.98 Å². The average Bonchev–Trinajstić information content (AvgIpc) is 3.12. The second kappa shape index (κ2) is 5.01. The van der Waals surface area contributed by atoms with Crippen LogP contribution < -0.4 is 5.43 Å². The Labute approximate surface area is 142 Å². The third kappa shape index (κ3) is 1.99. The normalized spacial score (nSPS) is 11.6. The van der Waals surface area contributed by atoms with Gasteiger partial charge >= 0.3 is 0 Å². The van der Waals surface area contributed by atoms with Crippen molar-refractivity contribution < 1.29 is 0 Å². The molecule has 0 spiro atoms. The van der Waals surface area contributed by atoms with Gasteiger partial charge in [0, 0.05) is 22.0 Å². The molecule has 0 unspecified atom stereocenters. The SMILES string of the molecule is Cc1[nH]c2nc(-c3ccccc3)cn2nc2c3ccccc3c(=O)c1-2. The molecular weight excluding hydrogens is 312 g/mol. The zero-order chi connectivity index (χ0) is 17.0. The molecule has 2 aromatic carbocycles. The molecule has 0 bridgehead atoms. The molecule has 0 saturated heterocycles. The Morgan fingerprint density at radius 2 is 1.68 bits per heavy atom. The van der Waals surface area contributed by atoms with Gasteiger partial charge in [0.1, 0.15) is 5.69 Å². The van der Waals surface area contributed by atoms with Crippen LogP contribution in [0.25, 0.3) is 39.1 Å². The van der Waals surface area contributed by atoms with Crippen molar-refractivity contribution in [1.29, 1.82) is 0 Å². The third-order valence-electron chi connectivity index (χ3n) is 4.53. The number of nitrogens with zero attached hydrogens (tertiary/aromatic N) is 3. The van der Waals surface area contributed by atoms with Gasteiger partial charge in [-0.15, -0.1) is 0 Å². The van der Waals surface area contributed by atoms with Crippen LogP contribution in [0, 0.1) is 6.92 Å². The van der Waals surface area contributed by atoms with Crippen molar-refractivity contribution in [1.82, 2.24) is 19.6 Å². The summed E-state index contributed by atoms with van der Waals surface area (Å²) in [5, 5.41) is 6.28. The lowest BCUT2D eigenvalue weighted by Gasteiger charge is -1.95. The number of imidazole rings is 1. The summed E-state index contributed by atoms with van der Waals surface area (Å²) in [6.07, 6.45) is 1.88. The van der Waals surface area contributed by atoms with E-state index in [0.717, 1.165) is 22.3 Å². The predicted octanol–water partition coefficient (Wildman–Crippen LogP) is 3.65. The number of hydrogen-bond donors (Lipinski definition) is 1. The number of aromatic nitrogens is 4. The summed E-state index contributed by atoms with van der Waals surface area (Å²) in [6, 6.07) is 17.5. The Morgan fingerprint density at radius 1 is 0.960 bits per heavy atom. The van der Waals surface area contributed by atoms with Crippen molar-refractivity contribution in [3.63, 3.8) is 0 Å². The van der Waals surface area contributed by atoms with Gasteiger partial charge in [0.2, 0.25) is 5.78 Å². The van der Waals surface area contributed by atoms with Crippen molar-refractivity contribution in [2.75, 3.05) is 0 Å². The smallest absolute Gasteiger partial charge is 0.228 e. The summed E-state index contributed by atoms with van der Waals surface area (Å²) in [6.45, 7) is 1.89. The van der Waals surface area contributed by atoms with Gasteiger partial charge in [-0.3, -0.25) is 4.79 Å². The number of fused-ring (bicyclic) bond motifs is 4. The average molecular weight is 326 g/mol. The van der Waals surface area contributed by atoms with Gasteiger partial charge in [-0.1, -0.05) is 54.6 Å². The quantitative estimate of drug-likeness (QED) is 0.511. The largest absolute Gasteiger partial charge is 0.327 e. The first-order valence-corrected chi connectivity index (χ1v) is 8.08. The van der Waals surface area contributed by atoms with Crippen molar-refractivity contribution in [3.8, 4) is 22.5 Å². The van der Waals surface area contributed by atoms with E-state index in [-0.39, 0.29) is 5.43 Å². The minimum Gasteiger partial charge on any atom is -0.327 e. The van der Waals surface area contributed by atoms with E-state index in [0.29, 0.717) is 22.4 Å². The van der Waals surface area contributed by atoms with Crippen LogP contribution in [0.1, 0.15) is 5.69 Å². The number of aryl methyl sites for hydroxylation is 1. The maximum absolute atomic E-state index is 12.7. The van der Waals surface area contributed by atoms with Crippen LogP contribution in [0.4, 0.5) is 0 Å². The van der Waals surface area contributed by atoms with Crippen LogP contribution >= 0.6 is 0 Å². The van der Waals surface area contributed by atoms with Crippen molar-refractivity contribution in [2.24, 2.45) is 0 Å². The van der Waals surface area contributed by atoms with Gasteiger partial charge in [-0.05, 0) is 6.92 Å². The first-order chi connectivity index (χ1) is 12.2. The highest BCUT2D eigenvalue weighted by Gasteiger charge is 2.20. The Kier molecular flexibility index (Phi) is 2.79. The maximum Gasteiger partial charge on any atom is 0.228 e. The standard InChI is InChI=1S/C20H14N4O/c1-12-17-18(14-9-5-6-10-15(14)19(17)25)23-24-11-16(22-20(24)21-12)13-7-3-2-4-8-13/h2-11H,1H3,(H,21,22). The van der Waals surface area contributed by atoms with Gasteiger partial charge in [-0.25, -0.2) is 9.50 Å². The summed E-state index contributed by atoms with van der Waals surface area (Å²) < 4.78 is 1.71. The van der Waals surface area contributed by atoms with E-state index < -0.39 is 0 Å². The minimum absolute atomic E-state index is 0.00776. The van der Waals surface area contributed by atoms with E-state index in [1.165, 1.54) is 0 Å². The molecule has 0 fully saturated rings. The van der Waals surface area contributed by atoms with Crippen molar-refractivity contribution in [2.45, 2.75) is 6.92 Å². The Hall–Kier alpha value is -3.47. The maximum atomic E-state index is 12.7. The van der Waals surface area contributed by atoms with E-state index in [1.807, 2.05) is 67.7 Å². The third-order valence-corrected chi connectivity index (χ3v) is 4.53. The molecule has 1 aliphatic carbocycles. The van der Waals surface area contributed by atoms with E-state index in [9.17, 15) is 4.79 Å². The van der Waals surface area contributed by atoms with Gasteiger partial charge in [-0.2, -0.15) is 5.10 Å². The molecule has 0 amide bonds. The molecule has 0 radical (unpaired) electrons. The fourth-order valence-corrected chi connectivity index (χ4v) is 3.33. The van der Waals surface area contributed by atoms with E-state index in [4.69, 9.17) is 5.10 Å². The summed E-state index contributed by atoms with van der Waals surface area (Å²) >= 11 is 0. The summed E-state index contributed by atoms with van der Waals surface area (Å²) in [5.74, 6) is 0.607. The van der Waals surface area contributed by atoms with Crippen LogP contribution in [0.5, 0.6) is 0 Å². The number of benzene rings is 2. The highest BCUT2D eigenvalue weighted by molar-refractivity contribution is 6.00. The van der Waals surface area contributed by atoms with Crippen LogP contribution in [0.3, 0.4) is 0 Å². The highest BCUT2D eigenvalue weighted by atomic mass is 16.1. The lowest BCUT2D eigenvalue weighted by atomic mass is 10.2. The van der Waals surface area contributed by atoms with E-state index >= 15 is 0 Å². The number of nitrogens with one attached hydrogen (secondary N) is 1. The Bertz CT molecular complexity index is 1270. The fourth-order valence-electron chi connectivity index (χ4n) is 3.33. The molecule has 1 N–H and O–H groups in total. The topological polar surface area (TPSA) is 63.1 Å². The molecular formula is C20H14N4O. The van der Waals surface area contributed by atoms with Crippen LogP contribution in [-0.2, 0) is 0 Å². The number of aromatic amines is 1. The molecule has 2 heterocycles. The lowest BCUT2D eigenvalue weighted by molar-refractivity contribution is 0.944. The first kappa shape index (κ1) is 13.9.